The van der Waals surface area contributed by atoms with Crippen LogP contribution < -0.4 is 5.32 Å². The minimum absolute atomic E-state index is 0.169. The Hall–Kier alpha value is -1.34. The zero-order valence-electron chi connectivity index (χ0n) is 9.85. The summed E-state index contributed by atoms with van der Waals surface area (Å²) < 4.78 is 2.02. The summed E-state index contributed by atoms with van der Waals surface area (Å²) in [5.74, 6) is 1.20. The van der Waals surface area contributed by atoms with Crippen molar-refractivity contribution in [1.82, 2.24) is 14.9 Å². The molecule has 2 rings (SSSR count). The molecule has 1 saturated carbocycles. The van der Waals surface area contributed by atoms with E-state index < -0.39 is 0 Å². The summed E-state index contributed by atoms with van der Waals surface area (Å²) in [5.41, 5.74) is 0. The summed E-state index contributed by atoms with van der Waals surface area (Å²) >= 11 is 0. The molecular weight excluding hydrogens is 200 g/mol. The lowest BCUT2D eigenvalue weighted by molar-refractivity contribution is 0.402. The molecule has 0 spiro atoms. The van der Waals surface area contributed by atoms with Crippen molar-refractivity contribution < 1.29 is 0 Å². The van der Waals surface area contributed by atoms with Crippen molar-refractivity contribution in [2.45, 2.75) is 38.3 Å². The summed E-state index contributed by atoms with van der Waals surface area (Å²) in [7, 11) is 2.00. The molecule has 1 aromatic heterocycles. The van der Waals surface area contributed by atoms with Crippen molar-refractivity contribution in [3.8, 4) is 6.07 Å². The molecule has 1 aliphatic rings. The molecule has 1 heterocycles. The first-order chi connectivity index (χ1) is 7.72. The van der Waals surface area contributed by atoms with E-state index in [1.807, 2.05) is 24.0 Å². The molecule has 3 atom stereocenters. The molecule has 16 heavy (non-hydrogen) atoms. The molecule has 0 amide bonds. The van der Waals surface area contributed by atoms with Crippen LogP contribution in [0.3, 0.4) is 0 Å². The Kier molecular flexibility index (Phi) is 3.25. The second-order valence-electron chi connectivity index (χ2n) is 4.56. The summed E-state index contributed by atoms with van der Waals surface area (Å²) in [6, 6.07) is 2.93. The first-order valence-corrected chi connectivity index (χ1v) is 5.85. The lowest BCUT2D eigenvalue weighted by atomic mass is 10.0. The average Bonchev–Trinajstić information content (AvgIpc) is 2.86. The number of hydrogen-bond acceptors (Lipinski definition) is 3. The Balaban J connectivity index is 2.00. The van der Waals surface area contributed by atoms with Crippen molar-refractivity contribution in [3.05, 3.63) is 18.2 Å². The standard InChI is InChI=1S/C12H18N4/c1-9(12-14-6-7-16(12)2)15-11-5-3-4-10(11)8-13/h6-7,9-11,15H,3-5H2,1-2H3. The van der Waals surface area contributed by atoms with Gasteiger partial charge in [0.05, 0.1) is 18.0 Å². The molecule has 1 fully saturated rings. The van der Waals surface area contributed by atoms with Gasteiger partial charge in [-0.25, -0.2) is 4.98 Å². The highest BCUT2D eigenvalue weighted by atomic mass is 15.1. The predicted octanol–water partition coefficient (Wildman–Crippen LogP) is 1.76. The fourth-order valence-corrected chi connectivity index (χ4v) is 2.50. The van der Waals surface area contributed by atoms with E-state index >= 15 is 0 Å². The quantitative estimate of drug-likeness (QED) is 0.841. The van der Waals surface area contributed by atoms with Crippen LogP contribution in [0.1, 0.15) is 38.1 Å². The number of nitriles is 1. The van der Waals surface area contributed by atoms with Crippen LogP contribution in [0.2, 0.25) is 0 Å². The largest absolute Gasteiger partial charge is 0.337 e. The minimum Gasteiger partial charge on any atom is -0.337 e. The van der Waals surface area contributed by atoms with Gasteiger partial charge in [0.15, 0.2) is 0 Å². The van der Waals surface area contributed by atoms with Crippen LogP contribution in [0.5, 0.6) is 0 Å². The third-order valence-electron chi connectivity index (χ3n) is 3.39. The lowest BCUT2D eigenvalue weighted by Gasteiger charge is -2.21. The van der Waals surface area contributed by atoms with Crippen LogP contribution in [0.15, 0.2) is 12.4 Å². The summed E-state index contributed by atoms with van der Waals surface area (Å²) in [5, 5.41) is 12.5. The van der Waals surface area contributed by atoms with Gasteiger partial charge in [0, 0.05) is 25.5 Å². The number of aryl methyl sites for hydroxylation is 1. The zero-order valence-corrected chi connectivity index (χ0v) is 9.85. The molecule has 1 aromatic rings. The van der Waals surface area contributed by atoms with Crippen LogP contribution in [-0.4, -0.2) is 15.6 Å². The molecule has 3 unspecified atom stereocenters. The van der Waals surface area contributed by atoms with Gasteiger partial charge in [-0.1, -0.05) is 6.42 Å². The molecule has 4 nitrogen and oxygen atoms in total. The topological polar surface area (TPSA) is 53.6 Å². The van der Waals surface area contributed by atoms with Crippen molar-refractivity contribution in [2.75, 3.05) is 0 Å². The fraction of sp³-hybridized carbons (Fsp3) is 0.667. The van der Waals surface area contributed by atoms with E-state index in [1.54, 1.807) is 0 Å². The van der Waals surface area contributed by atoms with Gasteiger partial charge in [0.2, 0.25) is 0 Å². The van der Waals surface area contributed by atoms with Gasteiger partial charge in [-0.3, -0.25) is 0 Å². The Morgan fingerprint density at radius 2 is 2.44 bits per heavy atom. The van der Waals surface area contributed by atoms with E-state index in [4.69, 9.17) is 5.26 Å². The van der Waals surface area contributed by atoms with Gasteiger partial charge < -0.3 is 9.88 Å². The molecule has 0 bridgehead atoms. The first-order valence-electron chi connectivity index (χ1n) is 5.85. The maximum Gasteiger partial charge on any atom is 0.125 e. The highest BCUT2D eigenvalue weighted by Crippen LogP contribution is 2.26. The van der Waals surface area contributed by atoms with E-state index in [9.17, 15) is 0 Å². The number of rotatable bonds is 3. The maximum absolute atomic E-state index is 9.02. The number of nitrogens with one attached hydrogen (secondary N) is 1. The smallest absolute Gasteiger partial charge is 0.125 e. The van der Waals surface area contributed by atoms with E-state index in [0.717, 1.165) is 25.1 Å². The molecule has 0 saturated heterocycles. The van der Waals surface area contributed by atoms with Crippen molar-refractivity contribution >= 4 is 0 Å². The Bertz CT molecular complexity index is 390. The highest BCUT2D eigenvalue weighted by molar-refractivity contribution is 5.02. The van der Waals surface area contributed by atoms with Gasteiger partial charge >= 0.3 is 0 Å². The Morgan fingerprint density at radius 3 is 3.06 bits per heavy atom. The number of aromatic nitrogens is 2. The summed E-state index contributed by atoms with van der Waals surface area (Å²) in [6.07, 6.45) is 7.05. The van der Waals surface area contributed by atoms with Gasteiger partial charge in [0.1, 0.15) is 5.82 Å². The summed E-state index contributed by atoms with van der Waals surface area (Å²) in [6.45, 7) is 2.11. The van der Waals surface area contributed by atoms with Crippen LogP contribution >= 0.6 is 0 Å². The maximum atomic E-state index is 9.02. The van der Waals surface area contributed by atoms with E-state index in [1.165, 1.54) is 0 Å². The molecule has 1 aliphatic carbocycles. The Morgan fingerprint density at radius 1 is 1.62 bits per heavy atom. The molecule has 0 aromatic carbocycles. The molecular formula is C12H18N4. The molecule has 0 aliphatic heterocycles. The molecule has 4 heteroatoms. The number of nitrogens with zero attached hydrogens (tertiary/aromatic N) is 3. The second-order valence-corrected chi connectivity index (χ2v) is 4.56. The lowest BCUT2D eigenvalue weighted by Crippen LogP contribution is -2.34. The van der Waals surface area contributed by atoms with E-state index in [2.05, 4.69) is 23.3 Å². The third-order valence-corrected chi connectivity index (χ3v) is 3.39. The van der Waals surface area contributed by atoms with Crippen molar-refractivity contribution in [1.29, 1.82) is 5.26 Å². The normalized spacial score (nSPS) is 26.6. The molecule has 1 N–H and O–H groups in total. The van der Waals surface area contributed by atoms with E-state index in [-0.39, 0.29) is 12.0 Å². The van der Waals surface area contributed by atoms with Crippen LogP contribution in [0.4, 0.5) is 0 Å². The highest BCUT2D eigenvalue weighted by Gasteiger charge is 2.28. The fourth-order valence-electron chi connectivity index (χ4n) is 2.50. The second kappa shape index (κ2) is 4.67. The van der Waals surface area contributed by atoms with Gasteiger partial charge in [-0.2, -0.15) is 5.26 Å². The molecule has 86 valence electrons. The summed E-state index contributed by atoms with van der Waals surface area (Å²) in [4.78, 5) is 4.33. The van der Waals surface area contributed by atoms with Crippen molar-refractivity contribution in [3.63, 3.8) is 0 Å². The van der Waals surface area contributed by atoms with Gasteiger partial charge in [-0.05, 0) is 19.8 Å². The SMILES string of the molecule is CC(NC1CCCC1C#N)c1nccn1C. The number of hydrogen-bond donors (Lipinski definition) is 1. The average molecular weight is 218 g/mol. The monoisotopic (exact) mass is 218 g/mol. The van der Waals surface area contributed by atoms with Gasteiger partial charge in [-0.15, -0.1) is 0 Å². The predicted molar refractivity (Wildman–Crippen MR) is 61.5 cm³/mol. The zero-order chi connectivity index (χ0) is 11.5. The van der Waals surface area contributed by atoms with Crippen LogP contribution in [0, 0.1) is 17.2 Å². The third kappa shape index (κ3) is 2.10. The molecule has 0 radical (unpaired) electrons. The Labute approximate surface area is 96.3 Å². The minimum atomic E-state index is 0.169. The number of imidazole rings is 1. The first kappa shape index (κ1) is 11.2. The van der Waals surface area contributed by atoms with Crippen LogP contribution in [-0.2, 0) is 7.05 Å². The van der Waals surface area contributed by atoms with Crippen molar-refractivity contribution in [2.24, 2.45) is 13.0 Å². The van der Waals surface area contributed by atoms with Crippen LogP contribution in [0.25, 0.3) is 0 Å². The van der Waals surface area contributed by atoms with Gasteiger partial charge in [0.25, 0.3) is 0 Å². The van der Waals surface area contributed by atoms with E-state index in [0.29, 0.717) is 6.04 Å².